The Balaban J connectivity index is 1.33. The highest BCUT2D eigenvalue weighted by atomic mass is 32.1. The molecule has 1 aromatic carbocycles. The van der Waals surface area contributed by atoms with Crippen LogP contribution in [0.4, 0.5) is 5.13 Å². The van der Waals surface area contributed by atoms with Gasteiger partial charge in [0, 0.05) is 43.2 Å². The number of benzene rings is 1. The zero-order valence-electron chi connectivity index (χ0n) is 17.5. The Morgan fingerprint density at radius 2 is 2.26 bits per heavy atom. The number of nitrogens with zero attached hydrogens (tertiary/aromatic N) is 3. The number of hydrogen-bond acceptors (Lipinski definition) is 7. The smallest absolute Gasteiger partial charge is 0.231 e. The van der Waals surface area contributed by atoms with Crippen LogP contribution in [0.3, 0.4) is 0 Å². The van der Waals surface area contributed by atoms with Gasteiger partial charge in [-0.05, 0) is 37.1 Å². The molecule has 164 valence electrons. The molecule has 4 rings (SSSR count). The predicted molar refractivity (Wildman–Crippen MR) is 117 cm³/mol. The molecule has 2 N–H and O–H groups in total. The molecule has 1 saturated heterocycles. The van der Waals surface area contributed by atoms with Crippen LogP contribution in [0.15, 0.2) is 24.4 Å². The van der Waals surface area contributed by atoms with Gasteiger partial charge in [0.25, 0.3) is 0 Å². The Morgan fingerprint density at radius 3 is 3.06 bits per heavy atom. The van der Waals surface area contributed by atoms with E-state index in [1.54, 1.807) is 12.0 Å². The summed E-state index contributed by atoms with van der Waals surface area (Å²) in [6.45, 7) is 3.83. The molecule has 2 amide bonds. The Hall–Kier alpha value is -2.98. The number of rotatable bonds is 9. The number of anilines is 1. The van der Waals surface area contributed by atoms with Crippen LogP contribution >= 0.6 is 11.3 Å². The van der Waals surface area contributed by atoms with Gasteiger partial charge >= 0.3 is 0 Å². The fraction of sp³-hybridized carbons (Fsp3) is 0.429. The molecular formula is C21H25N5O4S. The molecule has 0 unspecified atom stereocenters. The Labute approximate surface area is 183 Å². The number of carbonyl (C=O) groups excluding carboxylic acids is 2. The molecule has 3 heterocycles. The van der Waals surface area contributed by atoms with Crippen LogP contribution in [0.25, 0.3) is 10.9 Å². The average molecular weight is 444 g/mol. The van der Waals surface area contributed by atoms with Crippen molar-refractivity contribution >= 4 is 39.2 Å². The molecule has 9 nitrogen and oxygen atoms in total. The summed E-state index contributed by atoms with van der Waals surface area (Å²) in [5.41, 5.74) is 2.15. The van der Waals surface area contributed by atoms with Gasteiger partial charge in [-0.15, -0.1) is 10.2 Å². The number of ether oxygens (including phenoxy) is 2. The van der Waals surface area contributed by atoms with Crippen molar-refractivity contribution < 1.29 is 19.1 Å². The number of likely N-dealkylation sites (tertiary alicyclic amines) is 1. The number of carbonyl (C=O) groups is 2. The van der Waals surface area contributed by atoms with Crippen molar-refractivity contribution in [2.24, 2.45) is 5.92 Å². The summed E-state index contributed by atoms with van der Waals surface area (Å²) < 4.78 is 10.6. The van der Waals surface area contributed by atoms with Crippen LogP contribution in [-0.4, -0.2) is 58.7 Å². The van der Waals surface area contributed by atoms with Gasteiger partial charge in [0.15, 0.2) is 0 Å². The van der Waals surface area contributed by atoms with Crippen LogP contribution in [0, 0.1) is 5.92 Å². The second kappa shape index (κ2) is 9.44. The zero-order valence-corrected chi connectivity index (χ0v) is 18.3. The monoisotopic (exact) mass is 443 g/mol. The largest absolute Gasteiger partial charge is 0.497 e. The normalized spacial score (nSPS) is 16.3. The van der Waals surface area contributed by atoms with Gasteiger partial charge < -0.3 is 24.7 Å². The van der Waals surface area contributed by atoms with Gasteiger partial charge in [-0.25, -0.2) is 0 Å². The number of amides is 2. The molecular weight excluding hydrogens is 418 g/mol. The highest BCUT2D eigenvalue weighted by molar-refractivity contribution is 7.15. The lowest BCUT2D eigenvalue weighted by Crippen LogP contribution is -2.30. The first-order valence-electron chi connectivity index (χ1n) is 10.2. The fourth-order valence-electron chi connectivity index (χ4n) is 3.67. The topological polar surface area (TPSA) is 109 Å². The third-order valence-electron chi connectivity index (χ3n) is 5.34. The summed E-state index contributed by atoms with van der Waals surface area (Å²) in [5.74, 6) is 0.192. The van der Waals surface area contributed by atoms with Crippen LogP contribution in [0.2, 0.25) is 0 Å². The first-order valence-corrected chi connectivity index (χ1v) is 11.0. The molecule has 1 aliphatic heterocycles. The molecule has 1 aliphatic rings. The minimum Gasteiger partial charge on any atom is -0.497 e. The number of hydrogen-bond donors (Lipinski definition) is 2. The second-order valence-electron chi connectivity index (χ2n) is 7.34. The van der Waals surface area contributed by atoms with Crippen molar-refractivity contribution in [2.45, 2.75) is 26.4 Å². The Kier molecular flexibility index (Phi) is 6.47. The number of nitrogens with one attached hydrogen (secondary N) is 2. The molecule has 0 spiro atoms. The van der Waals surface area contributed by atoms with Crippen molar-refractivity contribution in [2.75, 3.05) is 32.1 Å². The van der Waals surface area contributed by atoms with Gasteiger partial charge in [0.05, 0.1) is 13.0 Å². The molecule has 10 heteroatoms. The van der Waals surface area contributed by atoms with E-state index in [1.165, 1.54) is 11.3 Å². The summed E-state index contributed by atoms with van der Waals surface area (Å²) in [6, 6.07) is 5.88. The number of methoxy groups -OCH3 is 1. The second-order valence-corrected chi connectivity index (χ2v) is 8.41. The summed E-state index contributed by atoms with van der Waals surface area (Å²) >= 11 is 1.28. The first-order chi connectivity index (χ1) is 15.1. The quantitative estimate of drug-likeness (QED) is 0.526. The predicted octanol–water partition coefficient (Wildman–Crippen LogP) is 2.59. The van der Waals surface area contributed by atoms with Crippen LogP contribution in [0.5, 0.6) is 5.75 Å². The first kappa shape index (κ1) is 21.3. The van der Waals surface area contributed by atoms with E-state index in [-0.39, 0.29) is 18.2 Å². The number of aromatic nitrogens is 3. The van der Waals surface area contributed by atoms with Crippen molar-refractivity contribution in [1.82, 2.24) is 20.1 Å². The third kappa shape index (κ3) is 4.86. The minimum atomic E-state index is -0.394. The molecule has 1 atom stereocenters. The van der Waals surface area contributed by atoms with E-state index in [0.29, 0.717) is 42.9 Å². The molecule has 3 aromatic rings. The highest BCUT2D eigenvalue weighted by Crippen LogP contribution is 2.26. The summed E-state index contributed by atoms with van der Waals surface area (Å²) in [6.07, 6.45) is 2.87. The molecule has 0 saturated carbocycles. The van der Waals surface area contributed by atoms with Gasteiger partial charge in [0.1, 0.15) is 17.4 Å². The standard InChI is InChI=1S/C21H25N5O4S/c1-3-30-12-18-24-25-21(31-18)23-20(28)14-8-19(27)26(11-14)7-6-13-10-22-17-5-4-15(29-2)9-16(13)17/h4-5,9-10,14,22H,3,6-8,11-12H2,1-2H3,(H,23,25,28)/t14-/m0/s1. The van der Waals surface area contributed by atoms with Gasteiger partial charge in [-0.1, -0.05) is 11.3 Å². The molecule has 1 fully saturated rings. The van der Waals surface area contributed by atoms with E-state index >= 15 is 0 Å². The SMILES string of the molecule is CCOCc1nnc(NC(=O)[C@H]2CC(=O)N(CCc3c[nH]c4ccc(OC)cc34)C2)s1. The minimum absolute atomic E-state index is 0.00753. The van der Waals surface area contributed by atoms with Crippen molar-refractivity contribution in [3.05, 3.63) is 35.0 Å². The summed E-state index contributed by atoms with van der Waals surface area (Å²) in [4.78, 5) is 30.1. The molecule has 31 heavy (non-hydrogen) atoms. The van der Waals surface area contributed by atoms with Crippen LogP contribution < -0.4 is 10.1 Å². The maximum absolute atomic E-state index is 12.6. The lowest BCUT2D eigenvalue weighted by molar-refractivity contribution is -0.128. The maximum Gasteiger partial charge on any atom is 0.231 e. The van der Waals surface area contributed by atoms with E-state index < -0.39 is 5.92 Å². The van der Waals surface area contributed by atoms with E-state index in [2.05, 4.69) is 20.5 Å². The van der Waals surface area contributed by atoms with Crippen molar-refractivity contribution in [3.8, 4) is 5.75 Å². The zero-order chi connectivity index (χ0) is 21.8. The molecule has 2 aromatic heterocycles. The third-order valence-corrected chi connectivity index (χ3v) is 6.15. The van der Waals surface area contributed by atoms with Crippen molar-refractivity contribution in [1.29, 1.82) is 0 Å². The van der Waals surface area contributed by atoms with Crippen molar-refractivity contribution in [3.63, 3.8) is 0 Å². The van der Waals surface area contributed by atoms with Gasteiger partial charge in [-0.3, -0.25) is 9.59 Å². The van der Waals surface area contributed by atoms with E-state index in [4.69, 9.17) is 9.47 Å². The highest BCUT2D eigenvalue weighted by Gasteiger charge is 2.34. The lowest BCUT2D eigenvalue weighted by Gasteiger charge is -2.16. The van der Waals surface area contributed by atoms with E-state index in [0.717, 1.165) is 22.2 Å². The maximum atomic E-state index is 12.6. The number of H-pyrrole nitrogens is 1. The molecule has 0 bridgehead atoms. The van der Waals surface area contributed by atoms with Crippen LogP contribution in [-0.2, 0) is 27.4 Å². The lowest BCUT2D eigenvalue weighted by atomic mass is 10.1. The summed E-state index contributed by atoms with van der Waals surface area (Å²) in [5, 5.41) is 13.0. The Bertz CT molecular complexity index is 1080. The van der Waals surface area contributed by atoms with Gasteiger partial charge in [0.2, 0.25) is 16.9 Å². The van der Waals surface area contributed by atoms with E-state index in [9.17, 15) is 9.59 Å². The molecule has 0 radical (unpaired) electrons. The number of aromatic amines is 1. The molecule has 0 aliphatic carbocycles. The van der Waals surface area contributed by atoms with Gasteiger partial charge in [-0.2, -0.15) is 0 Å². The Morgan fingerprint density at radius 1 is 1.39 bits per heavy atom. The van der Waals surface area contributed by atoms with E-state index in [1.807, 2.05) is 31.3 Å². The summed E-state index contributed by atoms with van der Waals surface area (Å²) in [7, 11) is 1.64. The number of fused-ring (bicyclic) bond motifs is 1. The average Bonchev–Trinajstić information content (AvgIpc) is 3.49. The van der Waals surface area contributed by atoms with Crippen LogP contribution in [0.1, 0.15) is 23.9 Å². The fourth-order valence-corrected chi connectivity index (χ4v) is 4.35.